The Kier molecular flexibility index (Phi) is 5.19. The highest BCUT2D eigenvalue weighted by Crippen LogP contribution is 2.30. The molecule has 0 aliphatic rings. The zero-order valence-electron chi connectivity index (χ0n) is 12.8. The minimum atomic E-state index is -0.512. The van der Waals surface area contributed by atoms with Crippen LogP contribution in [-0.4, -0.2) is 15.7 Å². The van der Waals surface area contributed by atoms with Gasteiger partial charge in [0.2, 0.25) is 0 Å². The Morgan fingerprint density at radius 1 is 1.32 bits per heavy atom. The van der Waals surface area contributed by atoms with E-state index >= 15 is 0 Å². The SMILES string of the molecule is C=Cn1cc(C(=O)Nc2ccccc2-c2ccc(Cl)c(F)c2)c(I)n1. The van der Waals surface area contributed by atoms with Gasteiger partial charge in [0.25, 0.3) is 5.91 Å². The molecule has 3 aromatic rings. The lowest BCUT2D eigenvalue weighted by Gasteiger charge is -2.11. The number of anilines is 1. The molecule has 0 aliphatic carbocycles. The Balaban J connectivity index is 1.95. The maximum absolute atomic E-state index is 13.8. The Bertz CT molecular complexity index is 971. The molecule has 0 saturated carbocycles. The number of hydrogen-bond donors (Lipinski definition) is 1. The quantitative estimate of drug-likeness (QED) is 0.529. The molecule has 126 valence electrons. The van der Waals surface area contributed by atoms with Crippen molar-refractivity contribution >= 4 is 52.0 Å². The molecule has 0 bridgehead atoms. The van der Waals surface area contributed by atoms with Crippen molar-refractivity contribution in [2.75, 3.05) is 5.32 Å². The first-order chi connectivity index (χ1) is 12.0. The van der Waals surface area contributed by atoms with Crippen LogP contribution in [0.15, 0.2) is 55.2 Å². The Morgan fingerprint density at radius 2 is 2.08 bits per heavy atom. The Labute approximate surface area is 162 Å². The zero-order chi connectivity index (χ0) is 18.0. The number of halogens is 3. The van der Waals surface area contributed by atoms with Gasteiger partial charge in [0.15, 0.2) is 0 Å². The van der Waals surface area contributed by atoms with E-state index in [9.17, 15) is 9.18 Å². The number of nitrogens with zero attached hydrogens (tertiary/aromatic N) is 2. The fourth-order valence-corrected chi connectivity index (χ4v) is 3.06. The van der Waals surface area contributed by atoms with Gasteiger partial charge in [0.05, 0.1) is 10.6 Å². The molecule has 4 nitrogen and oxygen atoms in total. The second-order valence-corrected chi connectivity index (χ2v) is 6.55. The van der Waals surface area contributed by atoms with Crippen molar-refractivity contribution in [2.24, 2.45) is 0 Å². The van der Waals surface area contributed by atoms with Gasteiger partial charge in [0, 0.05) is 23.6 Å². The third-order valence-electron chi connectivity index (χ3n) is 3.52. The molecule has 0 saturated heterocycles. The molecule has 0 atom stereocenters. The molecule has 1 N–H and O–H groups in total. The van der Waals surface area contributed by atoms with Crippen LogP contribution >= 0.6 is 34.2 Å². The summed E-state index contributed by atoms with van der Waals surface area (Å²) in [6.07, 6.45) is 3.10. The molecule has 1 aromatic heterocycles. The van der Waals surface area contributed by atoms with Crippen molar-refractivity contribution in [2.45, 2.75) is 0 Å². The number of hydrogen-bond acceptors (Lipinski definition) is 2. The van der Waals surface area contributed by atoms with Gasteiger partial charge in [-0.1, -0.05) is 42.4 Å². The number of amides is 1. The fraction of sp³-hybridized carbons (Fsp3) is 0. The van der Waals surface area contributed by atoms with E-state index in [0.717, 1.165) is 0 Å². The molecule has 7 heteroatoms. The van der Waals surface area contributed by atoms with E-state index in [4.69, 9.17) is 11.6 Å². The summed E-state index contributed by atoms with van der Waals surface area (Å²) in [5.41, 5.74) is 2.31. The van der Waals surface area contributed by atoms with Gasteiger partial charge in [-0.15, -0.1) is 0 Å². The lowest BCUT2D eigenvalue weighted by Crippen LogP contribution is -2.13. The molecular weight excluding hydrogens is 456 g/mol. The summed E-state index contributed by atoms with van der Waals surface area (Å²) < 4.78 is 15.8. The third-order valence-corrected chi connectivity index (χ3v) is 4.63. The highest BCUT2D eigenvalue weighted by atomic mass is 127. The van der Waals surface area contributed by atoms with Crippen molar-refractivity contribution in [3.8, 4) is 11.1 Å². The summed E-state index contributed by atoms with van der Waals surface area (Å²) in [5.74, 6) is -0.818. The topological polar surface area (TPSA) is 46.9 Å². The van der Waals surface area contributed by atoms with Gasteiger partial charge in [-0.3, -0.25) is 4.79 Å². The normalized spacial score (nSPS) is 10.5. The molecule has 0 radical (unpaired) electrons. The number of rotatable bonds is 4. The minimum absolute atomic E-state index is 0.0525. The smallest absolute Gasteiger partial charge is 0.260 e. The predicted octanol–water partition coefficient (Wildman–Crippen LogP) is 5.30. The van der Waals surface area contributed by atoms with Crippen LogP contribution in [0.1, 0.15) is 10.4 Å². The highest BCUT2D eigenvalue weighted by Gasteiger charge is 2.16. The minimum Gasteiger partial charge on any atom is -0.321 e. The molecule has 0 aliphatic heterocycles. The van der Waals surface area contributed by atoms with E-state index in [1.54, 1.807) is 30.5 Å². The molecule has 0 fully saturated rings. The Morgan fingerprint density at radius 3 is 2.76 bits per heavy atom. The van der Waals surface area contributed by atoms with Crippen molar-refractivity contribution < 1.29 is 9.18 Å². The second kappa shape index (κ2) is 7.37. The van der Waals surface area contributed by atoms with E-state index in [-0.39, 0.29) is 10.9 Å². The van der Waals surface area contributed by atoms with Crippen LogP contribution in [0.3, 0.4) is 0 Å². The van der Waals surface area contributed by atoms with Crippen LogP contribution in [0.5, 0.6) is 0 Å². The molecule has 3 rings (SSSR count). The van der Waals surface area contributed by atoms with Crippen molar-refractivity contribution in [1.29, 1.82) is 0 Å². The summed E-state index contributed by atoms with van der Waals surface area (Å²) >= 11 is 7.73. The summed E-state index contributed by atoms with van der Waals surface area (Å²) in [4.78, 5) is 12.6. The largest absolute Gasteiger partial charge is 0.321 e. The maximum Gasteiger partial charge on any atom is 0.260 e. The van der Waals surface area contributed by atoms with E-state index in [1.165, 1.54) is 23.0 Å². The molecular formula is C18H12ClFIN3O. The molecule has 25 heavy (non-hydrogen) atoms. The van der Waals surface area contributed by atoms with Gasteiger partial charge in [0.1, 0.15) is 9.52 Å². The van der Waals surface area contributed by atoms with Gasteiger partial charge in [-0.05, 0) is 46.4 Å². The molecule has 0 spiro atoms. The molecule has 1 amide bonds. The van der Waals surface area contributed by atoms with Crippen molar-refractivity contribution in [3.63, 3.8) is 0 Å². The van der Waals surface area contributed by atoms with Crippen molar-refractivity contribution in [3.05, 3.63) is 75.3 Å². The number of nitrogens with one attached hydrogen (secondary N) is 1. The van der Waals surface area contributed by atoms with E-state index in [0.29, 0.717) is 26.1 Å². The van der Waals surface area contributed by atoms with E-state index in [2.05, 4.69) is 17.0 Å². The standard InChI is InChI=1S/C18H12ClFIN3O/c1-2-24-10-13(17(21)23-24)18(25)22-16-6-4-3-5-12(16)11-7-8-14(19)15(20)9-11/h2-10H,1H2,(H,22,25). The number of carbonyl (C=O) groups is 1. The van der Waals surface area contributed by atoms with Crippen molar-refractivity contribution in [1.82, 2.24) is 9.78 Å². The number of carbonyl (C=O) groups excluding carboxylic acids is 1. The number of aromatic nitrogens is 2. The van der Waals surface area contributed by atoms with Crippen LogP contribution in [-0.2, 0) is 0 Å². The van der Waals surface area contributed by atoms with Gasteiger partial charge < -0.3 is 5.32 Å². The van der Waals surface area contributed by atoms with E-state index < -0.39 is 5.82 Å². The highest BCUT2D eigenvalue weighted by molar-refractivity contribution is 14.1. The summed E-state index contributed by atoms with van der Waals surface area (Å²) in [6, 6.07) is 11.7. The zero-order valence-corrected chi connectivity index (χ0v) is 15.8. The van der Waals surface area contributed by atoms with Crippen LogP contribution in [0.2, 0.25) is 5.02 Å². The number of para-hydroxylation sites is 1. The first kappa shape index (κ1) is 17.6. The third kappa shape index (κ3) is 3.74. The van der Waals surface area contributed by atoms with Crippen LogP contribution < -0.4 is 5.32 Å². The van der Waals surface area contributed by atoms with Gasteiger partial charge >= 0.3 is 0 Å². The monoisotopic (exact) mass is 467 g/mol. The average molecular weight is 468 g/mol. The van der Waals surface area contributed by atoms with E-state index in [1.807, 2.05) is 28.7 Å². The second-order valence-electron chi connectivity index (χ2n) is 5.12. The molecule has 0 unspecified atom stereocenters. The summed E-state index contributed by atoms with van der Waals surface area (Å²) in [7, 11) is 0. The lowest BCUT2D eigenvalue weighted by molar-refractivity contribution is 0.102. The average Bonchev–Trinajstić information content (AvgIpc) is 2.99. The predicted molar refractivity (Wildman–Crippen MR) is 106 cm³/mol. The van der Waals surface area contributed by atoms with Crippen LogP contribution in [0.25, 0.3) is 17.3 Å². The van der Waals surface area contributed by atoms with Gasteiger partial charge in [-0.25, -0.2) is 9.07 Å². The first-order valence-corrected chi connectivity index (χ1v) is 8.68. The fourth-order valence-electron chi connectivity index (χ4n) is 2.31. The lowest BCUT2D eigenvalue weighted by atomic mass is 10.0. The first-order valence-electron chi connectivity index (χ1n) is 7.22. The van der Waals surface area contributed by atoms with Gasteiger partial charge in [-0.2, -0.15) is 5.10 Å². The summed E-state index contributed by atoms with van der Waals surface area (Å²) in [6.45, 7) is 3.62. The number of benzene rings is 2. The molecule has 2 aromatic carbocycles. The maximum atomic E-state index is 13.8. The summed E-state index contributed by atoms with van der Waals surface area (Å²) in [5, 5.41) is 7.06. The van der Waals surface area contributed by atoms with Crippen LogP contribution in [0, 0.1) is 9.52 Å². The molecule has 1 heterocycles. The Hall–Kier alpha value is -2.19. The van der Waals surface area contributed by atoms with Crippen LogP contribution in [0.4, 0.5) is 10.1 Å².